The second kappa shape index (κ2) is 5.21. The van der Waals surface area contributed by atoms with Gasteiger partial charge in [-0.1, -0.05) is 0 Å². The normalized spacial score (nSPS) is 11.9. The zero-order valence-electron chi connectivity index (χ0n) is 8.48. The highest BCUT2D eigenvalue weighted by molar-refractivity contribution is 5.99. The van der Waals surface area contributed by atoms with Crippen LogP contribution in [0.5, 0.6) is 5.75 Å². The van der Waals surface area contributed by atoms with Crippen LogP contribution in [0.2, 0.25) is 0 Å². The lowest BCUT2D eigenvalue weighted by Gasteiger charge is -2.05. The largest absolute Gasteiger partial charge is 0.435 e. The highest BCUT2D eigenvalue weighted by atomic mass is 19.3. The number of Topliss-reactive ketones (excluding diaryl/α,β-unsaturated/α-hetero) is 1. The molecule has 1 atom stereocenters. The lowest BCUT2D eigenvalue weighted by Crippen LogP contribution is -2.09. The molecule has 84 valence electrons. The summed E-state index contributed by atoms with van der Waals surface area (Å²) in [5.41, 5.74) is 0.302. The third-order valence-electron chi connectivity index (χ3n) is 1.95. The summed E-state index contributed by atoms with van der Waals surface area (Å²) >= 11 is 0. The minimum absolute atomic E-state index is 0.0174. The molecule has 0 aromatic heterocycles. The van der Waals surface area contributed by atoms with Crippen LogP contribution in [0.15, 0.2) is 24.3 Å². The zero-order chi connectivity index (χ0) is 12.1. The molecule has 16 heavy (non-hydrogen) atoms. The molecule has 1 aromatic carbocycles. The molecule has 1 aromatic rings. The predicted octanol–water partition coefficient (Wildman–Crippen LogP) is 2.63. The molecule has 0 aliphatic carbocycles. The van der Waals surface area contributed by atoms with Crippen molar-refractivity contribution >= 4 is 5.78 Å². The average molecular weight is 225 g/mol. The summed E-state index contributed by atoms with van der Waals surface area (Å²) in [7, 11) is 0. The molecule has 0 saturated carbocycles. The number of hydrogen-bond donors (Lipinski definition) is 0. The van der Waals surface area contributed by atoms with Crippen molar-refractivity contribution in [3.8, 4) is 11.8 Å². The highest BCUT2D eigenvalue weighted by Gasteiger charge is 2.14. The van der Waals surface area contributed by atoms with Gasteiger partial charge in [-0.2, -0.15) is 14.0 Å². The van der Waals surface area contributed by atoms with Gasteiger partial charge in [-0.25, -0.2) is 0 Å². The summed E-state index contributed by atoms with van der Waals surface area (Å²) < 4.78 is 27.8. The number of rotatable bonds is 4. The standard InChI is InChI=1S/C11H9F2NO2/c1-7(6-14)10(15)8-2-4-9(5-3-8)16-11(12)13/h2-5,7,11H,1H3. The lowest BCUT2D eigenvalue weighted by molar-refractivity contribution is -0.0498. The third kappa shape index (κ3) is 3.02. The van der Waals surface area contributed by atoms with E-state index in [1.165, 1.54) is 31.2 Å². The van der Waals surface area contributed by atoms with Gasteiger partial charge in [-0.05, 0) is 31.2 Å². The molecule has 0 radical (unpaired) electrons. The minimum Gasteiger partial charge on any atom is -0.435 e. The number of ketones is 1. The van der Waals surface area contributed by atoms with E-state index in [1.807, 2.05) is 6.07 Å². The Balaban J connectivity index is 2.79. The summed E-state index contributed by atoms with van der Waals surface area (Å²) in [5.74, 6) is -1.11. The molecular weight excluding hydrogens is 216 g/mol. The van der Waals surface area contributed by atoms with Crippen molar-refractivity contribution in [2.24, 2.45) is 5.92 Å². The van der Waals surface area contributed by atoms with Crippen LogP contribution in [0.4, 0.5) is 8.78 Å². The van der Waals surface area contributed by atoms with E-state index in [0.29, 0.717) is 5.56 Å². The van der Waals surface area contributed by atoms with Gasteiger partial charge in [0.25, 0.3) is 0 Å². The molecule has 1 unspecified atom stereocenters. The Hall–Kier alpha value is -1.96. The Morgan fingerprint density at radius 2 is 1.94 bits per heavy atom. The zero-order valence-corrected chi connectivity index (χ0v) is 8.48. The van der Waals surface area contributed by atoms with Crippen molar-refractivity contribution in [1.29, 1.82) is 5.26 Å². The van der Waals surface area contributed by atoms with E-state index < -0.39 is 12.5 Å². The van der Waals surface area contributed by atoms with E-state index >= 15 is 0 Å². The van der Waals surface area contributed by atoms with Gasteiger partial charge in [0.15, 0.2) is 5.78 Å². The van der Waals surface area contributed by atoms with Gasteiger partial charge in [0.2, 0.25) is 0 Å². The number of carbonyl (C=O) groups excluding carboxylic acids is 1. The Labute approximate surface area is 91.3 Å². The van der Waals surface area contributed by atoms with Crippen LogP contribution in [0.1, 0.15) is 17.3 Å². The molecule has 0 spiro atoms. The summed E-state index contributed by atoms with van der Waals surface area (Å²) in [5, 5.41) is 8.55. The Morgan fingerprint density at radius 1 is 1.38 bits per heavy atom. The number of halogens is 2. The second-order valence-electron chi connectivity index (χ2n) is 3.12. The van der Waals surface area contributed by atoms with Crippen LogP contribution in [0.3, 0.4) is 0 Å². The Bertz CT molecular complexity index is 409. The lowest BCUT2D eigenvalue weighted by atomic mass is 10.0. The molecule has 0 bridgehead atoms. The SMILES string of the molecule is CC(C#N)C(=O)c1ccc(OC(F)F)cc1. The molecule has 0 aliphatic rings. The maximum atomic E-state index is 11.8. The molecular formula is C11H9F2NO2. The Kier molecular flexibility index (Phi) is 3.95. The van der Waals surface area contributed by atoms with Crippen molar-refractivity contribution in [2.45, 2.75) is 13.5 Å². The number of benzene rings is 1. The molecule has 0 aliphatic heterocycles. The summed E-state index contributed by atoms with van der Waals surface area (Å²) in [6.45, 7) is -1.41. The number of alkyl halides is 2. The summed E-state index contributed by atoms with van der Waals surface area (Å²) in [6, 6.07) is 7.05. The van der Waals surface area contributed by atoms with E-state index in [1.54, 1.807) is 0 Å². The molecule has 0 saturated heterocycles. The van der Waals surface area contributed by atoms with E-state index in [4.69, 9.17) is 5.26 Å². The molecule has 3 nitrogen and oxygen atoms in total. The van der Waals surface area contributed by atoms with Crippen LogP contribution >= 0.6 is 0 Å². The van der Waals surface area contributed by atoms with Crippen molar-refractivity contribution in [3.05, 3.63) is 29.8 Å². The Morgan fingerprint density at radius 3 is 2.38 bits per heavy atom. The smallest absolute Gasteiger partial charge is 0.387 e. The molecule has 0 amide bonds. The van der Waals surface area contributed by atoms with Crippen molar-refractivity contribution in [2.75, 3.05) is 0 Å². The minimum atomic E-state index is -2.89. The van der Waals surface area contributed by atoms with Gasteiger partial charge in [0.1, 0.15) is 11.7 Å². The van der Waals surface area contributed by atoms with Gasteiger partial charge in [-0.15, -0.1) is 0 Å². The van der Waals surface area contributed by atoms with Crippen LogP contribution < -0.4 is 4.74 Å². The third-order valence-corrected chi connectivity index (χ3v) is 1.95. The molecule has 0 heterocycles. The van der Waals surface area contributed by atoms with Crippen molar-refractivity contribution in [3.63, 3.8) is 0 Å². The van der Waals surface area contributed by atoms with Gasteiger partial charge in [0.05, 0.1) is 6.07 Å². The van der Waals surface area contributed by atoms with Crippen molar-refractivity contribution in [1.82, 2.24) is 0 Å². The monoisotopic (exact) mass is 225 g/mol. The van der Waals surface area contributed by atoms with Crippen LogP contribution in [-0.4, -0.2) is 12.4 Å². The summed E-state index contributed by atoms with van der Waals surface area (Å²) in [6.07, 6.45) is 0. The van der Waals surface area contributed by atoms with E-state index in [9.17, 15) is 13.6 Å². The number of nitrogens with zero attached hydrogens (tertiary/aromatic N) is 1. The number of carbonyl (C=O) groups is 1. The molecule has 0 fully saturated rings. The van der Waals surface area contributed by atoms with Crippen LogP contribution in [-0.2, 0) is 0 Å². The first kappa shape index (κ1) is 12.1. The van der Waals surface area contributed by atoms with Gasteiger partial charge in [0, 0.05) is 5.56 Å². The molecule has 1 rings (SSSR count). The fourth-order valence-electron chi connectivity index (χ4n) is 1.11. The van der Waals surface area contributed by atoms with Crippen LogP contribution in [0.25, 0.3) is 0 Å². The fourth-order valence-corrected chi connectivity index (χ4v) is 1.11. The number of nitriles is 1. The maximum Gasteiger partial charge on any atom is 0.387 e. The first-order chi connectivity index (χ1) is 7.54. The molecule has 0 N–H and O–H groups in total. The first-order valence-corrected chi connectivity index (χ1v) is 4.53. The average Bonchev–Trinajstić information content (AvgIpc) is 2.27. The second-order valence-corrected chi connectivity index (χ2v) is 3.12. The number of ether oxygens (including phenoxy) is 1. The quantitative estimate of drug-likeness (QED) is 0.740. The van der Waals surface area contributed by atoms with E-state index in [0.717, 1.165) is 0 Å². The predicted molar refractivity (Wildman–Crippen MR) is 52.2 cm³/mol. The van der Waals surface area contributed by atoms with Crippen LogP contribution in [0, 0.1) is 17.2 Å². The topological polar surface area (TPSA) is 50.1 Å². The highest BCUT2D eigenvalue weighted by Crippen LogP contribution is 2.16. The fraction of sp³-hybridized carbons (Fsp3) is 0.273. The molecule has 5 heteroatoms. The first-order valence-electron chi connectivity index (χ1n) is 4.53. The van der Waals surface area contributed by atoms with E-state index in [-0.39, 0.29) is 11.5 Å². The van der Waals surface area contributed by atoms with E-state index in [2.05, 4.69) is 4.74 Å². The van der Waals surface area contributed by atoms with Crippen molar-refractivity contribution < 1.29 is 18.3 Å². The van der Waals surface area contributed by atoms with Gasteiger partial charge < -0.3 is 4.74 Å². The van der Waals surface area contributed by atoms with Gasteiger partial charge in [-0.3, -0.25) is 4.79 Å². The number of hydrogen-bond acceptors (Lipinski definition) is 3. The summed E-state index contributed by atoms with van der Waals surface area (Å²) in [4.78, 5) is 11.5. The van der Waals surface area contributed by atoms with Gasteiger partial charge >= 0.3 is 6.61 Å². The maximum absolute atomic E-state index is 11.8.